The van der Waals surface area contributed by atoms with Gasteiger partial charge < -0.3 is 24.3 Å². The fourth-order valence-electron chi connectivity index (χ4n) is 2.38. The van der Waals surface area contributed by atoms with Gasteiger partial charge in [0.1, 0.15) is 5.75 Å². The lowest BCUT2D eigenvalue weighted by atomic mass is 10.2. The Labute approximate surface area is 150 Å². The molecule has 0 saturated carbocycles. The summed E-state index contributed by atoms with van der Waals surface area (Å²) in [5.74, 6) is 0.832. The second kappa shape index (κ2) is 8.24. The van der Waals surface area contributed by atoms with Crippen molar-refractivity contribution in [3.8, 4) is 17.2 Å². The van der Waals surface area contributed by atoms with Gasteiger partial charge in [0.15, 0.2) is 18.1 Å². The van der Waals surface area contributed by atoms with E-state index in [-0.39, 0.29) is 6.61 Å². The molecule has 1 aliphatic rings. The molecule has 0 unspecified atom stereocenters. The van der Waals surface area contributed by atoms with Crippen LogP contribution < -0.4 is 19.5 Å². The van der Waals surface area contributed by atoms with E-state index in [4.69, 9.17) is 18.9 Å². The maximum atomic E-state index is 12.0. The minimum atomic E-state index is -0.582. The van der Waals surface area contributed by atoms with Crippen LogP contribution in [-0.4, -0.2) is 38.8 Å². The van der Waals surface area contributed by atoms with Gasteiger partial charge in [0.2, 0.25) is 0 Å². The number of esters is 1. The minimum absolute atomic E-state index is 0.342. The van der Waals surface area contributed by atoms with Crippen LogP contribution in [0.3, 0.4) is 0 Å². The van der Waals surface area contributed by atoms with E-state index >= 15 is 0 Å². The standard InChI is InChI=1S/C19H19NO6/c1-23-15-6-3-13(4-7-15)19(22)26-12-18(21)20-14-5-8-16-17(11-14)25-10-2-9-24-16/h3-8,11H,2,9-10,12H2,1H3,(H,20,21). The number of anilines is 1. The first-order valence-electron chi connectivity index (χ1n) is 8.16. The van der Waals surface area contributed by atoms with Crippen LogP contribution in [0.25, 0.3) is 0 Å². The highest BCUT2D eigenvalue weighted by Crippen LogP contribution is 2.32. The molecule has 1 N–H and O–H groups in total. The van der Waals surface area contributed by atoms with E-state index in [0.717, 1.165) is 6.42 Å². The normalized spacial score (nSPS) is 12.7. The Kier molecular flexibility index (Phi) is 5.58. The molecule has 1 heterocycles. The number of rotatable bonds is 5. The maximum absolute atomic E-state index is 12.0. The van der Waals surface area contributed by atoms with Crippen LogP contribution in [0.5, 0.6) is 17.2 Å². The topological polar surface area (TPSA) is 83.1 Å². The molecular weight excluding hydrogens is 338 g/mol. The zero-order chi connectivity index (χ0) is 18.4. The van der Waals surface area contributed by atoms with E-state index in [2.05, 4.69) is 5.32 Å². The molecule has 0 saturated heterocycles. The van der Waals surface area contributed by atoms with Crippen molar-refractivity contribution in [3.05, 3.63) is 48.0 Å². The van der Waals surface area contributed by atoms with Crippen LogP contribution in [0, 0.1) is 0 Å². The number of benzene rings is 2. The quantitative estimate of drug-likeness (QED) is 0.829. The fraction of sp³-hybridized carbons (Fsp3) is 0.263. The highest BCUT2D eigenvalue weighted by Gasteiger charge is 2.13. The molecule has 7 heteroatoms. The van der Waals surface area contributed by atoms with Crippen molar-refractivity contribution < 1.29 is 28.5 Å². The molecule has 0 atom stereocenters. The summed E-state index contributed by atoms with van der Waals surface area (Å²) in [4.78, 5) is 24.0. The van der Waals surface area contributed by atoms with Gasteiger partial charge in [0.05, 0.1) is 25.9 Å². The van der Waals surface area contributed by atoms with Crippen molar-refractivity contribution in [1.29, 1.82) is 0 Å². The summed E-state index contributed by atoms with van der Waals surface area (Å²) in [6.07, 6.45) is 0.803. The molecule has 26 heavy (non-hydrogen) atoms. The molecule has 2 aromatic rings. The molecule has 0 spiro atoms. The summed E-state index contributed by atoms with van der Waals surface area (Å²) < 4.78 is 21.2. The van der Waals surface area contributed by atoms with Crippen LogP contribution in [0.4, 0.5) is 5.69 Å². The molecular formula is C19H19NO6. The number of hydrogen-bond acceptors (Lipinski definition) is 6. The zero-order valence-electron chi connectivity index (χ0n) is 14.3. The van der Waals surface area contributed by atoms with Crippen molar-refractivity contribution in [2.75, 3.05) is 32.2 Å². The van der Waals surface area contributed by atoms with Gasteiger partial charge in [-0.25, -0.2) is 4.79 Å². The third-order valence-electron chi connectivity index (χ3n) is 3.69. The zero-order valence-corrected chi connectivity index (χ0v) is 14.3. The second-order valence-electron chi connectivity index (χ2n) is 5.56. The first kappa shape index (κ1) is 17.6. The number of hydrogen-bond donors (Lipinski definition) is 1. The average Bonchev–Trinajstić information content (AvgIpc) is 2.91. The van der Waals surface area contributed by atoms with E-state index in [0.29, 0.717) is 41.7 Å². The number of methoxy groups -OCH3 is 1. The maximum Gasteiger partial charge on any atom is 0.338 e. The summed E-state index contributed by atoms with van der Waals surface area (Å²) in [7, 11) is 1.54. The molecule has 0 aromatic heterocycles. The van der Waals surface area contributed by atoms with Crippen LogP contribution in [-0.2, 0) is 9.53 Å². The molecule has 1 aliphatic heterocycles. The Morgan fingerprint density at radius 1 is 1.04 bits per heavy atom. The number of carbonyl (C=O) groups excluding carboxylic acids is 2. The monoisotopic (exact) mass is 357 g/mol. The van der Waals surface area contributed by atoms with Crippen molar-refractivity contribution >= 4 is 17.6 Å². The van der Waals surface area contributed by atoms with Crippen molar-refractivity contribution in [1.82, 2.24) is 0 Å². The fourth-order valence-corrected chi connectivity index (χ4v) is 2.38. The van der Waals surface area contributed by atoms with Crippen molar-refractivity contribution in [2.45, 2.75) is 6.42 Å². The van der Waals surface area contributed by atoms with E-state index in [1.54, 1.807) is 42.5 Å². The summed E-state index contributed by atoms with van der Waals surface area (Å²) >= 11 is 0. The number of nitrogens with one attached hydrogen (secondary N) is 1. The van der Waals surface area contributed by atoms with Crippen LogP contribution >= 0.6 is 0 Å². The lowest BCUT2D eigenvalue weighted by Gasteiger charge is -2.10. The SMILES string of the molecule is COc1ccc(C(=O)OCC(=O)Nc2ccc3c(c2)OCCCO3)cc1. The molecule has 0 aliphatic carbocycles. The van der Waals surface area contributed by atoms with E-state index in [9.17, 15) is 9.59 Å². The highest BCUT2D eigenvalue weighted by molar-refractivity contribution is 5.95. The highest BCUT2D eigenvalue weighted by atomic mass is 16.5. The Morgan fingerprint density at radius 2 is 1.77 bits per heavy atom. The summed E-state index contributed by atoms with van der Waals surface area (Å²) in [5.41, 5.74) is 0.883. The minimum Gasteiger partial charge on any atom is -0.497 e. The van der Waals surface area contributed by atoms with Gasteiger partial charge in [-0.2, -0.15) is 0 Å². The third-order valence-corrected chi connectivity index (χ3v) is 3.69. The number of fused-ring (bicyclic) bond motifs is 1. The van der Waals surface area contributed by atoms with Gasteiger partial charge in [0, 0.05) is 18.2 Å². The Balaban J connectivity index is 1.53. The van der Waals surface area contributed by atoms with Gasteiger partial charge in [0.25, 0.3) is 5.91 Å². The Bertz CT molecular complexity index is 787. The first-order valence-corrected chi connectivity index (χ1v) is 8.16. The Morgan fingerprint density at radius 3 is 2.50 bits per heavy atom. The molecule has 1 amide bonds. The van der Waals surface area contributed by atoms with Gasteiger partial charge in [-0.05, 0) is 36.4 Å². The van der Waals surface area contributed by atoms with Crippen molar-refractivity contribution in [2.24, 2.45) is 0 Å². The predicted octanol–water partition coefficient (Wildman–Crippen LogP) is 2.65. The van der Waals surface area contributed by atoms with Gasteiger partial charge in [-0.3, -0.25) is 4.79 Å². The molecule has 7 nitrogen and oxygen atoms in total. The lowest BCUT2D eigenvalue weighted by Crippen LogP contribution is -2.21. The van der Waals surface area contributed by atoms with E-state index in [1.165, 1.54) is 7.11 Å². The van der Waals surface area contributed by atoms with Crippen LogP contribution in [0.2, 0.25) is 0 Å². The summed E-state index contributed by atoms with van der Waals surface area (Å²) in [6.45, 7) is 0.767. The largest absolute Gasteiger partial charge is 0.497 e. The summed E-state index contributed by atoms with van der Waals surface area (Å²) in [6, 6.07) is 11.6. The average molecular weight is 357 g/mol. The molecule has 0 radical (unpaired) electrons. The predicted molar refractivity (Wildman–Crippen MR) is 94.0 cm³/mol. The molecule has 3 rings (SSSR count). The van der Waals surface area contributed by atoms with E-state index in [1.807, 2.05) is 0 Å². The van der Waals surface area contributed by atoms with Crippen LogP contribution in [0.1, 0.15) is 16.8 Å². The number of ether oxygens (including phenoxy) is 4. The molecule has 0 fully saturated rings. The smallest absolute Gasteiger partial charge is 0.338 e. The van der Waals surface area contributed by atoms with Crippen molar-refractivity contribution in [3.63, 3.8) is 0 Å². The third kappa shape index (κ3) is 4.44. The molecule has 2 aromatic carbocycles. The lowest BCUT2D eigenvalue weighted by molar-refractivity contribution is -0.119. The van der Waals surface area contributed by atoms with Crippen LogP contribution in [0.15, 0.2) is 42.5 Å². The molecule has 0 bridgehead atoms. The number of carbonyl (C=O) groups is 2. The van der Waals surface area contributed by atoms with E-state index < -0.39 is 11.9 Å². The van der Waals surface area contributed by atoms with Gasteiger partial charge in [-0.15, -0.1) is 0 Å². The first-order chi connectivity index (χ1) is 12.7. The molecule has 136 valence electrons. The Hall–Kier alpha value is -3.22. The van der Waals surface area contributed by atoms with Gasteiger partial charge in [-0.1, -0.05) is 0 Å². The van der Waals surface area contributed by atoms with Gasteiger partial charge >= 0.3 is 5.97 Å². The summed E-state index contributed by atoms with van der Waals surface area (Å²) in [5, 5.41) is 2.67. The number of amides is 1. The second-order valence-corrected chi connectivity index (χ2v) is 5.56.